The van der Waals surface area contributed by atoms with Gasteiger partial charge in [0.1, 0.15) is 48.8 Å². The van der Waals surface area contributed by atoms with Crippen LogP contribution >= 0.6 is 0 Å². The standard InChI is InChI=1S/C70H131NO13/c1-3-5-7-9-11-13-15-17-18-19-20-21-22-23-24-25-26-27-28-29-30-31-32-33-34-35-36-37-38-39-40-41-42-44-46-48-50-52-54-62(75)71-58(59(74)53-51-49-47-45-43-16-14-12-10-8-6-4-2)57-81-69-67(80)65(78)68(61(56-73)83-69)84-70-66(79)64(77)63(76)60(55-72)82-70/h10,12,43,45,51,53,58-61,63-70,72-74,76-80H,3-9,11,13-42,44,46-50,52,54-57H2,1-2H3,(H,71,75)/b12-10+,45-43+,53-51+. The zero-order valence-electron chi connectivity index (χ0n) is 53.7. The van der Waals surface area contributed by atoms with E-state index in [0.717, 1.165) is 44.9 Å². The van der Waals surface area contributed by atoms with E-state index in [0.29, 0.717) is 12.8 Å². The van der Waals surface area contributed by atoms with Gasteiger partial charge in [-0.15, -0.1) is 0 Å². The van der Waals surface area contributed by atoms with Gasteiger partial charge in [0, 0.05) is 6.42 Å². The lowest BCUT2D eigenvalue weighted by atomic mass is 9.97. The first-order chi connectivity index (χ1) is 41.1. The molecule has 2 fully saturated rings. The highest BCUT2D eigenvalue weighted by Gasteiger charge is 2.51. The number of nitrogens with one attached hydrogen (secondary N) is 1. The number of carbonyl (C=O) groups is 1. The molecule has 2 rings (SSSR count). The summed E-state index contributed by atoms with van der Waals surface area (Å²) in [7, 11) is 0. The van der Waals surface area contributed by atoms with E-state index in [1.165, 1.54) is 231 Å². The van der Waals surface area contributed by atoms with Crippen LogP contribution in [0.3, 0.4) is 0 Å². The van der Waals surface area contributed by atoms with Crippen LogP contribution in [0.15, 0.2) is 36.5 Å². The fourth-order valence-electron chi connectivity index (χ4n) is 11.7. The molecule has 12 unspecified atom stereocenters. The SMILES string of the molecule is CCCC/C=C/CC/C=C/CC/C=C/C(O)C(COC1OC(CO)C(OC2OC(CO)C(O)C(O)C2O)C(O)C1O)NC(=O)CCCCCCCCCCCCCCCCCCCCCCCCCCCCCCCCCCCCCCCC. The smallest absolute Gasteiger partial charge is 0.220 e. The summed E-state index contributed by atoms with van der Waals surface area (Å²) < 4.78 is 22.8. The van der Waals surface area contributed by atoms with Crippen LogP contribution in [0.4, 0.5) is 0 Å². The number of carbonyl (C=O) groups excluding carboxylic acids is 1. The molecule has 1 amide bonds. The van der Waals surface area contributed by atoms with Crippen LogP contribution < -0.4 is 5.32 Å². The van der Waals surface area contributed by atoms with Crippen LogP contribution in [0, 0.1) is 0 Å². The molecule has 2 saturated heterocycles. The molecule has 0 radical (unpaired) electrons. The Morgan fingerprint density at radius 3 is 1.15 bits per heavy atom. The van der Waals surface area contributed by atoms with Crippen molar-refractivity contribution >= 4 is 5.91 Å². The van der Waals surface area contributed by atoms with Gasteiger partial charge in [0.05, 0.1) is 32.0 Å². The molecule has 0 spiro atoms. The lowest BCUT2D eigenvalue weighted by Gasteiger charge is -2.46. The summed E-state index contributed by atoms with van der Waals surface area (Å²) in [6, 6.07) is -0.935. The number of allylic oxidation sites excluding steroid dienone is 5. The Labute approximate surface area is 512 Å². The molecule has 0 aromatic rings. The molecule has 14 heteroatoms. The Morgan fingerprint density at radius 2 is 0.762 bits per heavy atom. The van der Waals surface area contributed by atoms with Gasteiger partial charge in [0.2, 0.25) is 5.91 Å². The van der Waals surface area contributed by atoms with Crippen molar-refractivity contribution in [2.45, 2.75) is 383 Å². The molecule has 2 aliphatic heterocycles. The van der Waals surface area contributed by atoms with Gasteiger partial charge in [0.25, 0.3) is 0 Å². The topological polar surface area (TPSA) is 228 Å². The summed E-state index contributed by atoms with van der Waals surface area (Å²) in [4.78, 5) is 13.3. The molecule has 0 aliphatic carbocycles. The maximum absolute atomic E-state index is 13.3. The van der Waals surface area contributed by atoms with Gasteiger partial charge >= 0.3 is 0 Å². The van der Waals surface area contributed by atoms with Gasteiger partial charge in [-0.05, 0) is 38.5 Å². The zero-order valence-corrected chi connectivity index (χ0v) is 53.7. The predicted molar refractivity (Wildman–Crippen MR) is 341 cm³/mol. The van der Waals surface area contributed by atoms with E-state index < -0.39 is 86.8 Å². The molecule has 12 atom stereocenters. The molecule has 0 aromatic heterocycles. The molecular weight excluding hydrogens is 1060 g/mol. The Kier molecular flexibility index (Phi) is 51.5. The van der Waals surface area contributed by atoms with Crippen LogP contribution in [0.1, 0.15) is 309 Å². The largest absolute Gasteiger partial charge is 0.394 e. The third-order valence-electron chi connectivity index (χ3n) is 17.3. The van der Waals surface area contributed by atoms with E-state index in [1.807, 2.05) is 6.08 Å². The lowest BCUT2D eigenvalue weighted by Crippen LogP contribution is -2.65. The van der Waals surface area contributed by atoms with Crippen LogP contribution in [0.2, 0.25) is 0 Å². The highest BCUT2D eigenvalue weighted by atomic mass is 16.7. The summed E-state index contributed by atoms with van der Waals surface area (Å²) in [6.07, 6.45) is 54.0. The van der Waals surface area contributed by atoms with Crippen molar-refractivity contribution in [3.8, 4) is 0 Å². The van der Waals surface area contributed by atoms with E-state index >= 15 is 0 Å². The second-order valence-corrected chi connectivity index (χ2v) is 25.0. The molecule has 9 N–H and O–H groups in total. The number of ether oxygens (including phenoxy) is 4. The van der Waals surface area contributed by atoms with Crippen molar-refractivity contribution < 1.29 is 64.6 Å². The fraction of sp³-hybridized carbons (Fsp3) is 0.900. The van der Waals surface area contributed by atoms with Gasteiger partial charge in [-0.1, -0.05) is 301 Å². The lowest BCUT2D eigenvalue weighted by molar-refractivity contribution is -0.359. The number of aliphatic hydroxyl groups is 8. The third-order valence-corrected chi connectivity index (χ3v) is 17.3. The van der Waals surface area contributed by atoms with Crippen LogP contribution in [0.25, 0.3) is 0 Å². The van der Waals surface area contributed by atoms with Gasteiger partial charge in [-0.25, -0.2) is 0 Å². The molecule has 0 bridgehead atoms. The molecule has 494 valence electrons. The normalized spacial score (nSPS) is 23.8. The number of rotatable bonds is 58. The molecule has 0 aromatic carbocycles. The van der Waals surface area contributed by atoms with Gasteiger partial charge in [0.15, 0.2) is 12.6 Å². The van der Waals surface area contributed by atoms with Crippen LogP contribution in [-0.4, -0.2) is 140 Å². The summed E-state index contributed by atoms with van der Waals surface area (Å²) in [5, 5.41) is 87.1. The van der Waals surface area contributed by atoms with Crippen molar-refractivity contribution in [3.05, 3.63) is 36.5 Å². The molecule has 2 heterocycles. The van der Waals surface area contributed by atoms with Crippen molar-refractivity contribution in [2.24, 2.45) is 0 Å². The minimum Gasteiger partial charge on any atom is -0.394 e. The summed E-state index contributed by atoms with van der Waals surface area (Å²) >= 11 is 0. The van der Waals surface area contributed by atoms with Crippen molar-refractivity contribution in [3.63, 3.8) is 0 Å². The van der Waals surface area contributed by atoms with Gasteiger partial charge in [-0.3, -0.25) is 4.79 Å². The Morgan fingerprint density at radius 1 is 0.417 bits per heavy atom. The van der Waals surface area contributed by atoms with E-state index in [2.05, 4.69) is 43.5 Å². The fourth-order valence-corrected chi connectivity index (χ4v) is 11.7. The average molecular weight is 1190 g/mol. The monoisotopic (exact) mass is 1190 g/mol. The Balaban J connectivity index is 1.54. The first-order valence-electron chi connectivity index (χ1n) is 35.2. The quantitative estimate of drug-likeness (QED) is 0.0204. The second-order valence-electron chi connectivity index (χ2n) is 25.0. The minimum atomic E-state index is -1.79. The first-order valence-corrected chi connectivity index (χ1v) is 35.2. The van der Waals surface area contributed by atoms with E-state index in [9.17, 15) is 45.6 Å². The number of hydrogen-bond acceptors (Lipinski definition) is 13. The van der Waals surface area contributed by atoms with E-state index in [4.69, 9.17) is 18.9 Å². The molecular formula is C70H131NO13. The number of aliphatic hydroxyl groups excluding tert-OH is 8. The van der Waals surface area contributed by atoms with Crippen LogP contribution in [0.5, 0.6) is 0 Å². The van der Waals surface area contributed by atoms with Gasteiger partial charge in [-0.2, -0.15) is 0 Å². The van der Waals surface area contributed by atoms with E-state index in [-0.39, 0.29) is 18.9 Å². The maximum Gasteiger partial charge on any atom is 0.220 e. The molecule has 0 saturated carbocycles. The molecule has 84 heavy (non-hydrogen) atoms. The highest BCUT2D eigenvalue weighted by molar-refractivity contribution is 5.76. The first kappa shape index (κ1) is 78.3. The average Bonchev–Trinajstić information content (AvgIpc) is 3.68. The summed E-state index contributed by atoms with van der Waals surface area (Å²) in [5.41, 5.74) is 0. The molecule has 2 aliphatic rings. The predicted octanol–water partition coefficient (Wildman–Crippen LogP) is 14.1. The number of hydrogen-bond donors (Lipinski definition) is 9. The maximum atomic E-state index is 13.3. The van der Waals surface area contributed by atoms with Crippen molar-refractivity contribution in [1.29, 1.82) is 0 Å². The van der Waals surface area contributed by atoms with Crippen molar-refractivity contribution in [1.82, 2.24) is 5.32 Å². The third kappa shape index (κ3) is 39.3. The second kappa shape index (κ2) is 55.3. The Hall–Kier alpha value is -1.79. The van der Waals surface area contributed by atoms with Crippen molar-refractivity contribution in [2.75, 3.05) is 19.8 Å². The highest BCUT2D eigenvalue weighted by Crippen LogP contribution is 2.30. The van der Waals surface area contributed by atoms with E-state index in [1.54, 1.807) is 6.08 Å². The Bertz CT molecular complexity index is 1550. The zero-order chi connectivity index (χ0) is 60.9. The number of amides is 1. The van der Waals surface area contributed by atoms with Crippen LogP contribution in [-0.2, 0) is 23.7 Å². The number of unbranched alkanes of at least 4 members (excludes halogenated alkanes) is 41. The summed E-state index contributed by atoms with van der Waals surface area (Å²) in [5.74, 6) is -0.250. The summed E-state index contributed by atoms with van der Waals surface area (Å²) in [6.45, 7) is 2.75. The molecule has 14 nitrogen and oxygen atoms in total. The van der Waals surface area contributed by atoms with Gasteiger partial charge < -0.3 is 65.1 Å². The minimum absolute atomic E-state index is 0.250.